The minimum Gasteiger partial charge on any atom is -0.497 e. The largest absolute Gasteiger partial charge is 0.497 e. The predicted octanol–water partition coefficient (Wildman–Crippen LogP) is 2.21. The van der Waals surface area contributed by atoms with E-state index in [1.165, 1.54) is 0 Å². The van der Waals surface area contributed by atoms with Crippen molar-refractivity contribution >= 4 is 11.7 Å². The zero-order valence-electron chi connectivity index (χ0n) is 15.5. The van der Waals surface area contributed by atoms with Gasteiger partial charge in [0.05, 0.1) is 7.11 Å². The lowest BCUT2D eigenvalue weighted by Gasteiger charge is -2.09. The minimum absolute atomic E-state index is 0.210. The average Bonchev–Trinajstić information content (AvgIpc) is 2.65. The number of carbonyl (C=O) groups excluding carboxylic acids is 1. The van der Waals surface area contributed by atoms with Crippen molar-refractivity contribution in [1.82, 2.24) is 15.3 Å². The molecule has 0 radical (unpaired) electrons. The van der Waals surface area contributed by atoms with Crippen LogP contribution in [0.25, 0.3) is 0 Å². The number of aromatic nitrogens is 2. The number of carbonyl (C=O) groups is 1. The molecule has 0 aliphatic heterocycles. The van der Waals surface area contributed by atoms with E-state index in [0.717, 1.165) is 30.7 Å². The van der Waals surface area contributed by atoms with Gasteiger partial charge < -0.3 is 20.1 Å². The fourth-order valence-electron chi connectivity index (χ4n) is 2.45. The summed E-state index contributed by atoms with van der Waals surface area (Å²) in [4.78, 5) is 20.9. The number of methoxy groups -OCH3 is 2. The number of ether oxygens (including phenoxy) is 2. The van der Waals surface area contributed by atoms with E-state index < -0.39 is 0 Å². The second kappa shape index (κ2) is 10.4. The Labute approximate surface area is 154 Å². The summed E-state index contributed by atoms with van der Waals surface area (Å²) in [6.07, 6.45) is 1.58. The molecule has 0 fully saturated rings. The maximum Gasteiger partial charge on any atom is 0.270 e. The minimum atomic E-state index is -0.210. The van der Waals surface area contributed by atoms with Gasteiger partial charge in [0, 0.05) is 32.9 Å². The molecule has 1 amide bonds. The lowest BCUT2D eigenvalue weighted by Crippen LogP contribution is -2.27. The quantitative estimate of drug-likeness (QED) is 0.634. The van der Waals surface area contributed by atoms with E-state index in [4.69, 9.17) is 9.47 Å². The number of hydrogen-bond donors (Lipinski definition) is 2. The molecule has 0 aliphatic carbocycles. The molecular weight excluding hydrogens is 332 g/mol. The number of rotatable bonds is 10. The number of hydrogen-bond acceptors (Lipinski definition) is 6. The Morgan fingerprint density at radius 3 is 2.77 bits per heavy atom. The summed E-state index contributed by atoms with van der Waals surface area (Å²) in [6.45, 7) is 3.69. The highest BCUT2D eigenvalue weighted by Gasteiger charge is 2.10. The molecule has 1 aromatic heterocycles. The Bertz CT molecular complexity index is 722. The van der Waals surface area contributed by atoms with Crippen molar-refractivity contribution in [2.45, 2.75) is 19.8 Å². The molecule has 2 rings (SSSR count). The topological polar surface area (TPSA) is 85.4 Å². The van der Waals surface area contributed by atoms with Crippen molar-refractivity contribution in [3.63, 3.8) is 0 Å². The van der Waals surface area contributed by atoms with Crippen molar-refractivity contribution in [1.29, 1.82) is 0 Å². The molecule has 1 aromatic carbocycles. The van der Waals surface area contributed by atoms with Gasteiger partial charge in [-0.25, -0.2) is 9.97 Å². The number of nitrogens with one attached hydrogen (secondary N) is 2. The van der Waals surface area contributed by atoms with Gasteiger partial charge >= 0.3 is 0 Å². The molecule has 26 heavy (non-hydrogen) atoms. The second-order valence-electron chi connectivity index (χ2n) is 5.82. The van der Waals surface area contributed by atoms with Crippen LogP contribution in [0.5, 0.6) is 5.75 Å². The van der Waals surface area contributed by atoms with Crippen molar-refractivity contribution in [3.05, 3.63) is 47.4 Å². The van der Waals surface area contributed by atoms with Crippen LogP contribution < -0.4 is 15.4 Å². The number of anilines is 1. The third-order valence-electron chi connectivity index (χ3n) is 3.74. The first-order chi connectivity index (χ1) is 12.6. The third kappa shape index (κ3) is 6.33. The first-order valence-corrected chi connectivity index (χ1v) is 8.62. The van der Waals surface area contributed by atoms with E-state index in [0.29, 0.717) is 30.5 Å². The summed E-state index contributed by atoms with van der Waals surface area (Å²) in [5, 5.41) is 6.08. The van der Waals surface area contributed by atoms with Gasteiger partial charge in [-0.1, -0.05) is 12.1 Å². The summed E-state index contributed by atoms with van der Waals surface area (Å²) >= 11 is 0. The zero-order chi connectivity index (χ0) is 18.8. The summed E-state index contributed by atoms with van der Waals surface area (Å²) in [5.74, 6) is 1.80. The van der Waals surface area contributed by atoms with Crippen molar-refractivity contribution < 1.29 is 14.3 Å². The lowest BCUT2D eigenvalue weighted by molar-refractivity contribution is 0.0949. The SMILES string of the molecule is COCCCNc1cc(C(=O)NCCc2cccc(OC)c2)nc(C)n1. The first-order valence-electron chi connectivity index (χ1n) is 8.62. The monoisotopic (exact) mass is 358 g/mol. The van der Waals surface area contributed by atoms with Crippen molar-refractivity contribution in [2.75, 3.05) is 39.2 Å². The fourth-order valence-corrected chi connectivity index (χ4v) is 2.45. The molecule has 2 aromatic rings. The smallest absolute Gasteiger partial charge is 0.270 e. The fraction of sp³-hybridized carbons (Fsp3) is 0.421. The number of amides is 1. The molecule has 140 valence electrons. The molecule has 1 heterocycles. The van der Waals surface area contributed by atoms with Gasteiger partial charge in [0.1, 0.15) is 23.1 Å². The summed E-state index contributed by atoms with van der Waals surface area (Å²) in [7, 11) is 3.31. The lowest BCUT2D eigenvalue weighted by atomic mass is 10.1. The van der Waals surface area contributed by atoms with Gasteiger partial charge in [-0.05, 0) is 37.5 Å². The molecular formula is C19H26N4O3. The first kappa shape index (κ1) is 19.7. The standard InChI is InChI=1S/C19H26N4O3/c1-14-22-17(13-18(23-14)20-9-5-11-25-2)19(24)21-10-8-15-6-4-7-16(12-15)26-3/h4,6-7,12-13H,5,8-11H2,1-3H3,(H,21,24)(H,20,22,23). The van der Waals surface area contributed by atoms with Gasteiger partial charge in [-0.15, -0.1) is 0 Å². The van der Waals surface area contributed by atoms with Crippen LogP contribution in [0.2, 0.25) is 0 Å². The zero-order valence-corrected chi connectivity index (χ0v) is 15.5. The molecule has 2 N–H and O–H groups in total. The summed E-state index contributed by atoms with van der Waals surface area (Å²) in [6, 6.07) is 9.47. The molecule has 0 unspecified atom stereocenters. The second-order valence-corrected chi connectivity index (χ2v) is 5.82. The Hall–Kier alpha value is -2.67. The van der Waals surface area contributed by atoms with Gasteiger partial charge in [0.2, 0.25) is 0 Å². The van der Waals surface area contributed by atoms with Crippen molar-refractivity contribution in [3.8, 4) is 5.75 Å². The Kier molecular flexibility index (Phi) is 7.82. The summed E-state index contributed by atoms with van der Waals surface area (Å²) in [5.41, 5.74) is 1.46. The van der Waals surface area contributed by atoms with Crippen LogP contribution in [0.3, 0.4) is 0 Å². The van der Waals surface area contributed by atoms with E-state index in [9.17, 15) is 4.79 Å². The van der Waals surface area contributed by atoms with Crippen LogP contribution in [-0.2, 0) is 11.2 Å². The maximum atomic E-state index is 12.4. The number of aryl methyl sites for hydroxylation is 1. The Balaban J connectivity index is 1.88. The van der Waals surface area contributed by atoms with E-state index in [-0.39, 0.29) is 5.91 Å². The molecule has 0 spiro atoms. The van der Waals surface area contributed by atoms with Crippen LogP contribution in [0.15, 0.2) is 30.3 Å². The van der Waals surface area contributed by atoms with Crippen LogP contribution in [0, 0.1) is 6.92 Å². The summed E-state index contributed by atoms with van der Waals surface area (Å²) < 4.78 is 10.2. The number of benzene rings is 1. The van der Waals surface area contributed by atoms with E-state index in [1.807, 2.05) is 24.3 Å². The van der Waals surface area contributed by atoms with Crippen LogP contribution >= 0.6 is 0 Å². The average molecular weight is 358 g/mol. The van der Waals surface area contributed by atoms with Crippen LogP contribution in [0.1, 0.15) is 28.3 Å². The number of nitrogens with zero attached hydrogens (tertiary/aromatic N) is 2. The highest BCUT2D eigenvalue weighted by Crippen LogP contribution is 2.12. The van der Waals surface area contributed by atoms with Gasteiger partial charge in [0.25, 0.3) is 5.91 Å². The maximum absolute atomic E-state index is 12.4. The molecule has 0 saturated heterocycles. The van der Waals surface area contributed by atoms with Crippen molar-refractivity contribution in [2.24, 2.45) is 0 Å². The highest BCUT2D eigenvalue weighted by molar-refractivity contribution is 5.92. The third-order valence-corrected chi connectivity index (χ3v) is 3.74. The molecule has 0 atom stereocenters. The van der Waals surface area contributed by atoms with E-state index in [2.05, 4.69) is 20.6 Å². The molecule has 0 bridgehead atoms. The van der Waals surface area contributed by atoms with Gasteiger partial charge in [-0.2, -0.15) is 0 Å². The van der Waals surface area contributed by atoms with Gasteiger partial charge in [0.15, 0.2) is 0 Å². The highest BCUT2D eigenvalue weighted by atomic mass is 16.5. The molecule has 7 nitrogen and oxygen atoms in total. The van der Waals surface area contributed by atoms with Crippen LogP contribution in [0.4, 0.5) is 5.82 Å². The molecule has 0 aliphatic rings. The molecule has 0 saturated carbocycles. The van der Waals surface area contributed by atoms with Gasteiger partial charge in [-0.3, -0.25) is 4.79 Å². The van der Waals surface area contributed by atoms with Crippen LogP contribution in [-0.4, -0.2) is 49.8 Å². The predicted molar refractivity (Wildman–Crippen MR) is 101 cm³/mol. The normalized spacial score (nSPS) is 10.4. The van der Waals surface area contributed by atoms with E-state index in [1.54, 1.807) is 27.2 Å². The molecule has 7 heteroatoms. The Morgan fingerprint density at radius 1 is 1.15 bits per heavy atom. The van der Waals surface area contributed by atoms with E-state index >= 15 is 0 Å². The Morgan fingerprint density at radius 2 is 2.00 bits per heavy atom.